The van der Waals surface area contributed by atoms with Gasteiger partial charge >= 0.3 is 0 Å². The summed E-state index contributed by atoms with van der Waals surface area (Å²) < 4.78 is 31.7. The summed E-state index contributed by atoms with van der Waals surface area (Å²) >= 11 is 2.36. The summed E-state index contributed by atoms with van der Waals surface area (Å²) in [6.07, 6.45) is 4.95. The zero-order valence-corrected chi connectivity index (χ0v) is 17.7. The molecule has 1 fully saturated rings. The Hall–Kier alpha value is -1.36. The van der Waals surface area contributed by atoms with Crippen LogP contribution in [0.25, 0.3) is 0 Å². The first-order valence-electron chi connectivity index (χ1n) is 9.18. The van der Waals surface area contributed by atoms with E-state index in [0.29, 0.717) is 28.6 Å². The van der Waals surface area contributed by atoms with Crippen LogP contribution in [-0.4, -0.2) is 47.3 Å². The number of amides is 1. The molecule has 0 bridgehead atoms. The van der Waals surface area contributed by atoms with E-state index >= 15 is 0 Å². The van der Waals surface area contributed by atoms with Gasteiger partial charge in [-0.1, -0.05) is 30.3 Å². The van der Waals surface area contributed by atoms with Gasteiger partial charge in [-0.25, -0.2) is 8.42 Å². The standard InChI is InChI=1S/C17H24N4O3S3/c1-2-6-14-16(26-20-19-14)17(22)18-10-9-13-7-3-4-11-21(13)27(23,24)15-8-5-12-25-15/h5,8,12-13H,2-4,6-7,9-11H2,1H3,(H,18,22)/t13-/m0/s1. The number of sulfonamides is 1. The predicted molar refractivity (Wildman–Crippen MR) is 107 cm³/mol. The van der Waals surface area contributed by atoms with Gasteiger partial charge in [0.25, 0.3) is 15.9 Å². The van der Waals surface area contributed by atoms with Crippen molar-refractivity contribution in [3.63, 3.8) is 0 Å². The molecule has 2 aromatic rings. The lowest BCUT2D eigenvalue weighted by atomic mass is 10.0. The normalized spacial score (nSPS) is 18.5. The van der Waals surface area contributed by atoms with Crippen LogP contribution in [0.4, 0.5) is 0 Å². The number of aryl methyl sites for hydroxylation is 1. The number of aromatic nitrogens is 2. The Kier molecular flexibility index (Phi) is 6.96. The molecule has 2 aromatic heterocycles. The Balaban J connectivity index is 1.60. The maximum Gasteiger partial charge on any atom is 0.264 e. The van der Waals surface area contributed by atoms with E-state index in [2.05, 4.69) is 14.9 Å². The van der Waals surface area contributed by atoms with Crippen molar-refractivity contribution in [2.75, 3.05) is 13.1 Å². The molecule has 1 aliphatic heterocycles. The van der Waals surface area contributed by atoms with Crippen LogP contribution in [0.5, 0.6) is 0 Å². The van der Waals surface area contributed by atoms with E-state index in [-0.39, 0.29) is 11.9 Å². The van der Waals surface area contributed by atoms with E-state index in [1.807, 2.05) is 6.92 Å². The van der Waals surface area contributed by atoms with E-state index in [9.17, 15) is 13.2 Å². The SMILES string of the molecule is CCCc1nnsc1C(=O)NCC[C@@H]1CCCCN1S(=O)(=O)c1cccs1. The molecule has 27 heavy (non-hydrogen) atoms. The summed E-state index contributed by atoms with van der Waals surface area (Å²) in [5, 5.41) is 8.71. The highest BCUT2D eigenvalue weighted by Crippen LogP contribution is 2.29. The van der Waals surface area contributed by atoms with Gasteiger partial charge in [0, 0.05) is 19.1 Å². The van der Waals surface area contributed by atoms with Crippen LogP contribution >= 0.6 is 22.9 Å². The monoisotopic (exact) mass is 428 g/mol. The fourth-order valence-corrected chi connectivity index (χ4v) is 6.79. The van der Waals surface area contributed by atoms with Crippen LogP contribution in [-0.2, 0) is 16.4 Å². The number of hydrogen-bond acceptors (Lipinski definition) is 7. The summed E-state index contributed by atoms with van der Waals surface area (Å²) in [4.78, 5) is 13.0. The Morgan fingerprint density at radius 2 is 2.26 bits per heavy atom. The summed E-state index contributed by atoms with van der Waals surface area (Å²) in [5.41, 5.74) is 0.736. The van der Waals surface area contributed by atoms with Crippen molar-refractivity contribution in [2.45, 2.75) is 55.7 Å². The van der Waals surface area contributed by atoms with Gasteiger partial charge in [0.2, 0.25) is 0 Å². The largest absolute Gasteiger partial charge is 0.351 e. The van der Waals surface area contributed by atoms with Crippen molar-refractivity contribution < 1.29 is 13.2 Å². The lowest BCUT2D eigenvalue weighted by Crippen LogP contribution is -2.44. The van der Waals surface area contributed by atoms with Gasteiger partial charge in [-0.15, -0.1) is 16.4 Å². The van der Waals surface area contributed by atoms with E-state index in [1.165, 1.54) is 11.3 Å². The van der Waals surface area contributed by atoms with Gasteiger partial charge < -0.3 is 5.32 Å². The number of hydrogen-bond donors (Lipinski definition) is 1. The van der Waals surface area contributed by atoms with Crippen LogP contribution in [0, 0.1) is 0 Å². The minimum Gasteiger partial charge on any atom is -0.351 e. The van der Waals surface area contributed by atoms with E-state index in [1.54, 1.807) is 21.8 Å². The number of carbonyl (C=O) groups excluding carboxylic acids is 1. The Morgan fingerprint density at radius 1 is 1.41 bits per heavy atom. The van der Waals surface area contributed by atoms with Crippen LogP contribution < -0.4 is 5.32 Å². The average molecular weight is 429 g/mol. The summed E-state index contributed by atoms with van der Waals surface area (Å²) in [5.74, 6) is -0.170. The first-order valence-corrected chi connectivity index (χ1v) is 12.3. The number of piperidine rings is 1. The van der Waals surface area contributed by atoms with Crippen molar-refractivity contribution in [2.24, 2.45) is 0 Å². The van der Waals surface area contributed by atoms with Crippen molar-refractivity contribution in [3.8, 4) is 0 Å². The van der Waals surface area contributed by atoms with Gasteiger partial charge in [0.1, 0.15) is 9.09 Å². The third kappa shape index (κ3) is 4.74. The highest BCUT2D eigenvalue weighted by molar-refractivity contribution is 7.91. The van der Waals surface area contributed by atoms with E-state index in [0.717, 1.165) is 49.3 Å². The zero-order valence-electron chi connectivity index (χ0n) is 15.3. The number of thiophene rings is 1. The second-order valence-electron chi connectivity index (χ2n) is 6.54. The second-order valence-corrected chi connectivity index (χ2v) is 10.4. The third-order valence-electron chi connectivity index (χ3n) is 4.64. The molecule has 10 heteroatoms. The highest BCUT2D eigenvalue weighted by Gasteiger charge is 2.33. The number of nitrogens with zero attached hydrogens (tertiary/aromatic N) is 3. The third-order valence-corrected chi connectivity index (χ3v) is 8.73. The summed E-state index contributed by atoms with van der Waals surface area (Å²) in [6, 6.07) is 3.33. The Labute approximate surface area is 168 Å². The van der Waals surface area contributed by atoms with Crippen LogP contribution in [0.1, 0.15) is 54.4 Å². The molecule has 0 radical (unpaired) electrons. The molecule has 1 amide bonds. The van der Waals surface area contributed by atoms with Crippen molar-refractivity contribution in [1.82, 2.24) is 19.2 Å². The molecule has 1 aliphatic rings. The van der Waals surface area contributed by atoms with Crippen LogP contribution in [0.15, 0.2) is 21.7 Å². The highest BCUT2D eigenvalue weighted by atomic mass is 32.2. The molecule has 0 saturated carbocycles. The predicted octanol–water partition coefficient (Wildman–Crippen LogP) is 2.92. The minimum absolute atomic E-state index is 0.0825. The van der Waals surface area contributed by atoms with E-state index < -0.39 is 10.0 Å². The molecule has 1 atom stereocenters. The molecule has 148 valence electrons. The van der Waals surface area contributed by atoms with Gasteiger partial charge in [-0.3, -0.25) is 4.79 Å². The number of rotatable bonds is 8. The molecule has 3 heterocycles. The van der Waals surface area contributed by atoms with Gasteiger partial charge in [0.05, 0.1) is 5.69 Å². The molecule has 1 N–H and O–H groups in total. The molecule has 0 unspecified atom stereocenters. The first kappa shape index (κ1) is 20.4. The molecule has 0 aromatic carbocycles. The molecular weight excluding hydrogens is 404 g/mol. The Morgan fingerprint density at radius 3 is 3.00 bits per heavy atom. The van der Waals surface area contributed by atoms with Crippen molar-refractivity contribution in [1.29, 1.82) is 0 Å². The lowest BCUT2D eigenvalue weighted by molar-refractivity contribution is 0.0952. The molecule has 1 saturated heterocycles. The lowest BCUT2D eigenvalue weighted by Gasteiger charge is -2.34. The smallest absolute Gasteiger partial charge is 0.264 e. The first-order chi connectivity index (χ1) is 13.0. The maximum atomic E-state index is 12.9. The molecule has 7 nitrogen and oxygen atoms in total. The molecular formula is C17H24N4O3S3. The van der Waals surface area contributed by atoms with Crippen molar-refractivity contribution in [3.05, 3.63) is 28.1 Å². The van der Waals surface area contributed by atoms with E-state index in [4.69, 9.17) is 0 Å². The topological polar surface area (TPSA) is 92.3 Å². The van der Waals surface area contributed by atoms with Crippen molar-refractivity contribution >= 4 is 38.8 Å². The number of carbonyl (C=O) groups is 1. The molecule has 3 rings (SSSR count). The van der Waals surface area contributed by atoms with Gasteiger partial charge in [-0.05, 0) is 48.7 Å². The number of nitrogens with one attached hydrogen (secondary N) is 1. The zero-order chi connectivity index (χ0) is 19.3. The fraction of sp³-hybridized carbons (Fsp3) is 0.588. The summed E-state index contributed by atoms with van der Waals surface area (Å²) in [6.45, 7) is 3.01. The van der Waals surface area contributed by atoms with Gasteiger partial charge in [0.15, 0.2) is 0 Å². The maximum absolute atomic E-state index is 12.9. The van der Waals surface area contributed by atoms with Gasteiger partial charge in [-0.2, -0.15) is 4.31 Å². The summed E-state index contributed by atoms with van der Waals surface area (Å²) in [7, 11) is -3.45. The molecule has 0 aliphatic carbocycles. The van der Waals surface area contributed by atoms with Crippen LogP contribution in [0.3, 0.4) is 0 Å². The molecule has 0 spiro atoms. The minimum atomic E-state index is -3.45. The fourth-order valence-electron chi connectivity index (χ4n) is 3.32. The van der Waals surface area contributed by atoms with Crippen LogP contribution in [0.2, 0.25) is 0 Å². The average Bonchev–Trinajstić information content (AvgIpc) is 3.34. The Bertz CT molecular complexity index is 849. The second kappa shape index (κ2) is 9.22. The quantitative estimate of drug-likeness (QED) is 0.698.